The summed E-state index contributed by atoms with van der Waals surface area (Å²) in [5, 5.41) is 3.11. The number of hydrogen-bond acceptors (Lipinski definition) is 3. The molecule has 2 rings (SSSR count). The third kappa shape index (κ3) is 3.03. The SMILES string of the molecule is CCc1ccc(Cc2cc(NC)ccn2)nc1. The Morgan fingerprint density at radius 2 is 2.00 bits per heavy atom. The van der Waals surface area contributed by atoms with E-state index >= 15 is 0 Å². The van der Waals surface area contributed by atoms with Crippen molar-refractivity contribution in [1.82, 2.24) is 9.97 Å². The highest BCUT2D eigenvalue weighted by Crippen LogP contribution is 2.11. The molecule has 0 spiro atoms. The molecule has 0 aromatic carbocycles. The van der Waals surface area contributed by atoms with Gasteiger partial charge >= 0.3 is 0 Å². The van der Waals surface area contributed by atoms with Crippen LogP contribution in [0.1, 0.15) is 23.9 Å². The summed E-state index contributed by atoms with van der Waals surface area (Å²) < 4.78 is 0. The number of pyridine rings is 2. The maximum absolute atomic E-state index is 4.44. The van der Waals surface area contributed by atoms with Gasteiger partial charge in [0, 0.05) is 42.9 Å². The van der Waals surface area contributed by atoms with Gasteiger partial charge in [-0.15, -0.1) is 0 Å². The summed E-state index contributed by atoms with van der Waals surface area (Å²) in [5.74, 6) is 0. The molecule has 0 fully saturated rings. The molecule has 17 heavy (non-hydrogen) atoms. The minimum Gasteiger partial charge on any atom is -0.388 e. The summed E-state index contributed by atoms with van der Waals surface area (Å²) in [7, 11) is 1.91. The molecule has 1 N–H and O–H groups in total. The summed E-state index contributed by atoms with van der Waals surface area (Å²) in [6.07, 6.45) is 5.57. The van der Waals surface area contributed by atoms with Gasteiger partial charge in [0.05, 0.1) is 0 Å². The van der Waals surface area contributed by atoms with Crippen LogP contribution in [0.15, 0.2) is 36.7 Å². The fourth-order valence-corrected chi connectivity index (χ4v) is 1.68. The number of aryl methyl sites for hydroxylation is 1. The van der Waals surface area contributed by atoms with Crippen LogP contribution in [0.2, 0.25) is 0 Å². The van der Waals surface area contributed by atoms with Gasteiger partial charge in [0.25, 0.3) is 0 Å². The van der Waals surface area contributed by atoms with Crippen LogP contribution in [-0.2, 0) is 12.8 Å². The quantitative estimate of drug-likeness (QED) is 0.872. The molecule has 0 aliphatic heterocycles. The smallest absolute Gasteiger partial charge is 0.0483 e. The van der Waals surface area contributed by atoms with E-state index in [1.807, 2.05) is 25.5 Å². The molecule has 0 saturated carbocycles. The second-order valence-corrected chi connectivity index (χ2v) is 3.97. The monoisotopic (exact) mass is 227 g/mol. The second kappa shape index (κ2) is 5.43. The Balaban J connectivity index is 2.13. The van der Waals surface area contributed by atoms with E-state index in [1.165, 1.54) is 5.56 Å². The standard InChI is InChI=1S/C14H17N3/c1-3-11-4-5-13(17-10-11)9-14-8-12(15-2)6-7-16-14/h4-8,10H,3,9H2,1-2H3,(H,15,16). The lowest BCUT2D eigenvalue weighted by Crippen LogP contribution is -1.97. The Kier molecular flexibility index (Phi) is 3.70. The van der Waals surface area contributed by atoms with E-state index in [0.717, 1.165) is 29.9 Å². The van der Waals surface area contributed by atoms with Crippen molar-refractivity contribution in [3.05, 3.63) is 53.6 Å². The van der Waals surface area contributed by atoms with E-state index in [9.17, 15) is 0 Å². The number of nitrogens with one attached hydrogen (secondary N) is 1. The largest absolute Gasteiger partial charge is 0.388 e. The number of rotatable bonds is 4. The molecule has 0 unspecified atom stereocenters. The first kappa shape index (κ1) is 11.6. The molecule has 2 aromatic heterocycles. The Labute approximate surface area is 102 Å². The Hall–Kier alpha value is -1.90. The van der Waals surface area contributed by atoms with E-state index < -0.39 is 0 Å². The van der Waals surface area contributed by atoms with Crippen LogP contribution in [0, 0.1) is 0 Å². The first-order valence-electron chi connectivity index (χ1n) is 5.88. The van der Waals surface area contributed by atoms with Crippen LogP contribution >= 0.6 is 0 Å². The van der Waals surface area contributed by atoms with Crippen LogP contribution in [0.4, 0.5) is 5.69 Å². The van der Waals surface area contributed by atoms with Gasteiger partial charge < -0.3 is 5.32 Å². The van der Waals surface area contributed by atoms with E-state index in [0.29, 0.717) is 0 Å². The highest BCUT2D eigenvalue weighted by molar-refractivity contribution is 5.42. The summed E-state index contributed by atoms with van der Waals surface area (Å²) >= 11 is 0. The molecular weight excluding hydrogens is 210 g/mol. The van der Waals surface area contributed by atoms with Crippen LogP contribution in [0.5, 0.6) is 0 Å². The summed E-state index contributed by atoms with van der Waals surface area (Å²) in [5.41, 5.74) is 4.45. The highest BCUT2D eigenvalue weighted by atomic mass is 14.8. The molecule has 2 aromatic rings. The minimum atomic E-state index is 0.777. The van der Waals surface area contributed by atoms with Crippen LogP contribution in [0.25, 0.3) is 0 Å². The molecule has 0 bridgehead atoms. The second-order valence-electron chi connectivity index (χ2n) is 3.97. The van der Waals surface area contributed by atoms with Crippen molar-refractivity contribution in [2.75, 3.05) is 12.4 Å². The van der Waals surface area contributed by atoms with Crippen LogP contribution < -0.4 is 5.32 Å². The van der Waals surface area contributed by atoms with Gasteiger partial charge in [0.2, 0.25) is 0 Å². The summed E-state index contributed by atoms with van der Waals surface area (Å²) in [4.78, 5) is 8.79. The predicted molar refractivity (Wildman–Crippen MR) is 70.2 cm³/mol. The molecule has 88 valence electrons. The third-order valence-corrected chi connectivity index (χ3v) is 2.76. The zero-order valence-electron chi connectivity index (χ0n) is 10.3. The zero-order chi connectivity index (χ0) is 12.1. The van der Waals surface area contributed by atoms with E-state index in [-0.39, 0.29) is 0 Å². The first-order chi connectivity index (χ1) is 8.31. The van der Waals surface area contributed by atoms with Crippen LogP contribution in [0.3, 0.4) is 0 Å². The molecule has 3 nitrogen and oxygen atoms in total. The molecular formula is C14H17N3. The normalized spacial score (nSPS) is 10.2. The van der Waals surface area contributed by atoms with Crippen molar-refractivity contribution in [2.24, 2.45) is 0 Å². The van der Waals surface area contributed by atoms with Crippen molar-refractivity contribution >= 4 is 5.69 Å². The zero-order valence-corrected chi connectivity index (χ0v) is 10.3. The van der Waals surface area contributed by atoms with Gasteiger partial charge in [-0.3, -0.25) is 9.97 Å². The average Bonchev–Trinajstić information content (AvgIpc) is 2.40. The van der Waals surface area contributed by atoms with Gasteiger partial charge in [0.1, 0.15) is 0 Å². The van der Waals surface area contributed by atoms with E-state index in [1.54, 1.807) is 0 Å². The number of aromatic nitrogens is 2. The minimum absolute atomic E-state index is 0.777. The van der Waals surface area contributed by atoms with Crippen molar-refractivity contribution in [3.63, 3.8) is 0 Å². The lowest BCUT2D eigenvalue weighted by atomic mass is 10.1. The van der Waals surface area contributed by atoms with Crippen LogP contribution in [-0.4, -0.2) is 17.0 Å². The molecule has 0 atom stereocenters. The van der Waals surface area contributed by atoms with E-state index in [2.05, 4.69) is 40.4 Å². The Morgan fingerprint density at radius 3 is 2.65 bits per heavy atom. The maximum Gasteiger partial charge on any atom is 0.0483 e. The molecule has 3 heteroatoms. The van der Waals surface area contributed by atoms with Crippen molar-refractivity contribution < 1.29 is 0 Å². The fourth-order valence-electron chi connectivity index (χ4n) is 1.68. The van der Waals surface area contributed by atoms with Gasteiger partial charge in [-0.25, -0.2) is 0 Å². The van der Waals surface area contributed by atoms with E-state index in [4.69, 9.17) is 0 Å². The average molecular weight is 227 g/mol. The van der Waals surface area contributed by atoms with Gasteiger partial charge in [0.15, 0.2) is 0 Å². The summed E-state index contributed by atoms with van der Waals surface area (Å²) in [6.45, 7) is 2.13. The first-order valence-corrected chi connectivity index (χ1v) is 5.88. The predicted octanol–water partition coefficient (Wildman–Crippen LogP) is 2.67. The lowest BCUT2D eigenvalue weighted by Gasteiger charge is -2.04. The van der Waals surface area contributed by atoms with Gasteiger partial charge in [-0.05, 0) is 30.2 Å². The Morgan fingerprint density at radius 1 is 1.12 bits per heavy atom. The molecule has 0 radical (unpaired) electrons. The molecule has 0 saturated heterocycles. The number of hydrogen-bond donors (Lipinski definition) is 1. The lowest BCUT2D eigenvalue weighted by molar-refractivity contribution is 0.992. The summed E-state index contributed by atoms with van der Waals surface area (Å²) in [6, 6.07) is 8.21. The fraction of sp³-hybridized carbons (Fsp3) is 0.286. The van der Waals surface area contributed by atoms with Crippen molar-refractivity contribution in [3.8, 4) is 0 Å². The maximum atomic E-state index is 4.44. The molecule has 0 aliphatic carbocycles. The van der Waals surface area contributed by atoms with Gasteiger partial charge in [-0.1, -0.05) is 13.0 Å². The number of nitrogens with zero attached hydrogens (tertiary/aromatic N) is 2. The highest BCUT2D eigenvalue weighted by Gasteiger charge is 2.00. The van der Waals surface area contributed by atoms with Gasteiger partial charge in [-0.2, -0.15) is 0 Å². The third-order valence-electron chi connectivity index (χ3n) is 2.76. The molecule has 2 heterocycles. The molecule has 0 aliphatic rings. The molecule has 0 amide bonds. The number of anilines is 1. The van der Waals surface area contributed by atoms with Crippen molar-refractivity contribution in [1.29, 1.82) is 0 Å². The Bertz CT molecular complexity index is 477. The van der Waals surface area contributed by atoms with Crippen molar-refractivity contribution in [2.45, 2.75) is 19.8 Å². The topological polar surface area (TPSA) is 37.8 Å².